The Morgan fingerprint density at radius 1 is 1.00 bits per heavy atom. The molecule has 0 saturated carbocycles. The molecule has 2 aromatic carbocycles. The molecular weight excluding hydrogens is 253 g/mol. The molecular formula is C14H9Cl2N. The second-order valence-corrected chi connectivity index (χ2v) is 4.94. The molecule has 0 spiro atoms. The maximum Gasteiger partial charge on any atom is 0.109 e. The minimum atomic E-state index is -0.165. The predicted molar refractivity (Wildman–Crippen MR) is 72.3 cm³/mol. The van der Waals surface area contributed by atoms with Crippen LogP contribution < -0.4 is 0 Å². The summed E-state index contributed by atoms with van der Waals surface area (Å²) in [5, 5.41) is 8.56. The summed E-state index contributed by atoms with van der Waals surface area (Å²) in [5.41, 5.74) is 4.39. The second-order valence-electron chi connectivity index (χ2n) is 4.10. The van der Waals surface area contributed by atoms with Crippen molar-refractivity contribution in [3.05, 3.63) is 58.6 Å². The molecule has 0 amide bonds. The van der Waals surface area contributed by atoms with E-state index in [4.69, 9.17) is 28.6 Å². The lowest BCUT2D eigenvalue weighted by Gasteiger charge is -2.09. The molecule has 3 heteroatoms. The number of hydrogen-bond acceptors (Lipinski definition) is 1. The van der Waals surface area contributed by atoms with E-state index in [1.165, 1.54) is 0 Å². The third-order valence-electron chi connectivity index (χ3n) is 3.14. The summed E-state index contributed by atoms with van der Waals surface area (Å²) < 4.78 is 0. The summed E-state index contributed by atoms with van der Waals surface area (Å²) >= 11 is 12.0. The normalized spacial score (nSPS) is 16.5. The lowest BCUT2D eigenvalue weighted by atomic mass is 9.98. The molecule has 3 rings (SSSR count). The summed E-state index contributed by atoms with van der Waals surface area (Å²) in [7, 11) is 0. The van der Waals surface area contributed by atoms with E-state index in [-0.39, 0.29) is 11.1 Å². The van der Waals surface area contributed by atoms with Crippen LogP contribution in [0.3, 0.4) is 0 Å². The van der Waals surface area contributed by atoms with Crippen LogP contribution in [0.2, 0.25) is 5.02 Å². The zero-order valence-electron chi connectivity index (χ0n) is 8.87. The third kappa shape index (κ3) is 1.58. The number of hydrogen-bond donors (Lipinski definition) is 1. The Morgan fingerprint density at radius 3 is 2.47 bits per heavy atom. The van der Waals surface area contributed by atoms with Crippen molar-refractivity contribution >= 4 is 28.4 Å². The number of halogens is 2. The smallest absolute Gasteiger partial charge is 0.109 e. The van der Waals surface area contributed by atoms with E-state index < -0.39 is 0 Å². The van der Waals surface area contributed by atoms with Crippen LogP contribution in [-0.4, -0.2) is 5.17 Å². The Hall–Kier alpha value is -1.31. The van der Waals surface area contributed by atoms with Crippen molar-refractivity contribution in [1.29, 1.82) is 5.41 Å². The van der Waals surface area contributed by atoms with Gasteiger partial charge in [0.15, 0.2) is 0 Å². The summed E-state index contributed by atoms with van der Waals surface area (Å²) in [4.78, 5) is 0. The first kappa shape index (κ1) is 10.8. The van der Waals surface area contributed by atoms with Gasteiger partial charge in [0.1, 0.15) is 5.17 Å². The van der Waals surface area contributed by atoms with Gasteiger partial charge in [0, 0.05) is 5.02 Å². The molecule has 17 heavy (non-hydrogen) atoms. The second kappa shape index (κ2) is 3.86. The van der Waals surface area contributed by atoms with Crippen LogP contribution in [0.1, 0.15) is 17.0 Å². The predicted octanol–water partition coefficient (Wildman–Crippen LogP) is 4.67. The summed E-state index contributed by atoms with van der Waals surface area (Å²) in [5.74, 6) is -0.165. The van der Waals surface area contributed by atoms with Crippen molar-refractivity contribution in [1.82, 2.24) is 0 Å². The Balaban J connectivity index is 2.33. The molecule has 84 valence electrons. The van der Waals surface area contributed by atoms with Gasteiger partial charge in [0.25, 0.3) is 0 Å². The molecule has 2 aromatic rings. The van der Waals surface area contributed by atoms with E-state index in [1.54, 1.807) is 0 Å². The highest BCUT2D eigenvalue weighted by atomic mass is 35.5. The van der Waals surface area contributed by atoms with Gasteiger partial charge in [-0.2, -0.15) is 0 Å². The zero-order chi connectivity index (χ0) is 12.0. The van der Waals surface area contributed by atoms with Gasteiger partial charge in [-0.25, -0.2) is 0 Å². The molecule has 0 aromatic heterocycles. The highest BCUT2D eigenvalue weighted by molar-refractivity contribution is 6.66. The molecule has 1 aliphatic rings. The fourth-order valence-electron chi connectivity index (χ4n) is 2.45. The fraction of sp³-hybridized carbons (Fsp3) is 0.0714. The molecule has 0 saturated heterocycles. The van der Waals surface area contributed by atoms with Crippen molar-refractivity contribution < 1.29 is 0 Å². The molecule has 0 fully saturated rings. The van der Waals surface area contributed by atoms with Crippen molar-refractivity contribution in [2.75, 3.05) is 0 Å². The van der Waals surface area contributed by atoms with E-state index >= 15 is 0 Å². The molecule has 0 bridgehead atoms. The number of benzene rings is 2. The van der Waals surface area contributed by atoms with Gasteiger partial charge < -0.3 is 0 Å². The van der Waals surface area contributed by atoms with Gasteiger partial charge >= 0.3 is 0 Å². The fourth-order valence-corrected chi connectivity index (χ4v) is 2.87. The minimum Gasteiger partial charge on any atom is -0.292 e. The van der Waals surface area contributed by atoms with E-state index in [2.05, 4.69) is 6.07 Å². The highest BCUT2D eigenvalue weighted by Crippen LogP contribution is 2.46. The van der Waals surface area contributed by atoms with Gasteiger partial charge in [-0.05, 0) is 34.4 Å². The van der Waals surface area contributed by atoms with Crippen LogP contribution >= 0.6 is 23.2 Å². The monoisotopic (exact) mass is 261 g/mol. The Labute approximate surface area is 110 Å². The Kier molecular flexibility index (Phi) is 2.46. The van der Waals surface area contributed by atoms with Crippen LogP contribution in [0, 0.1) is 5.41 Å². The molecule has 1 N–H and O–H groups in total. The van der Waals surface area contributed by atoms with E-state index in [0.29, 0.717) is 5.02 Å². The van der Waals surface area contributed by atoms with Crippen molar-refractivity contribution in [3.8, 4) is 11.1 Å². The van der Waals surface area contributed by atoms with Gasteiger partial charge in [-0.3, -0.25) is 5.41 Å². The third-order valence-corrected chi connectivity index (χ3v) is 3.59. The molecule has 1 unspecified atom stereocenters. The lowest BCUT2D eigenvalue weighted by Crippen LogP contribution is -2.03. The van der Waals surface area contributed by atoms with Crippen LogP contribution in [0.15, 0.2) is 42.5 Å². The van der Waals surface area contributed by atoms with Crippen LogP contribution in [0.4, 0.5) is 0 Å². The minimum absolute atomic E-state index is 0.137. The Morgan fingerprint density at radius 2 is 1.71 bits per heavy atom. The van der Waals surface area contributed by atoms with Crippen molar-refractivity contribution in [3.63, 3.8) is 0 Å². The molecule has 1 atom stereocenters. The molecule has 0 aliphatic heterocycles. The Bertz CT molecular complexity index is 619. The molecule has 1 aliphatic carbocycles. The van der Waals surface area contributed by atoms with E-state index in [1.807, 2.05) is 36.4 Å². The first-order valence-corrected chi connectivity index (χ1v) is 6.07. The molecule has 1 nitrogen and oxygen atoms in total. The topological polar surface area (TPSA) is 23.9 Å². The first-order valence-electron chi connectivity index (χ1n) is 5.31. The van der Waals surface area contributed by atoms with Gasteiger partial charge in [-0.1, -0.05) is 53.5 Å². The summed E-state index contributed by atoms with van der Waals surface area (Å²) in [6, 6.07) is 13.8. The SMILES string of the molecule is N=C(Cl)C1c2ccccc2-c2ccc(Cl)cc21. The number of nitrogens with one attached hydrogen (secondary N) is 1. The average molecular weight is 262 g/mol. The largest absolute Gasteiger partial charge is 0.292 e. The van der Waals surface area contributed by atoms with Gasteiger partial charge in [0.2, 0.25) is 0 Å². The quantitative estimate of drug-likeness (QED) is 0.722. The number of fused-ring (bicyclic) bond motifs is 3. The lowest BCUT2D eigenvalue weighted by molar-refractivity contribution is 1.13. The maximum atomic E-state index is 7.75. The first-order chi connectivity index (χ1) is 8.18. The standard InChI is InChI=1S/C14H9Cl2N/c15-8-5-6-10-9-3-1-2-4-11(9)13(14(16)17)12(10)7-8/h1-7,13,17H. The van der Waals surface area contributed by atoms with Crippen LogP contribution in [-0.2, 0) is 0 Å². The van der Waals surface area contributed by atoms with Crippen LogP contribution in [0.25, 0.3) is 11.1 Å². The molecule has 0 radical (unpaired) electrons. The van der Waals surface area contributed by atoms with E-state index in [0.717, 1.165) is 22.3 Å². The number of rotatable bonds is 1. The highest BCUT2D eigenvalue weighted by Gasteiger charge is 2.30. The van der Waals surface area contributed by atoms with E-state index in [9.17, 15) is 0 Å². The van der Waals surface area contributed by atoms with Crippen LogP contribution in [0.5, 0.6) is 0 Å². The van der Waals surface area contributed by atoms with Crippen molar-refractivity contribution in [2.45, 2.75) is 5.92 Å². The average Bonchev–Trinajstić information content (AvgIpc) is 2.62. The zero-order valence-corrected chi connectivity index (χ0v) is 10.4. The summed E-state index contributed by atoms with van der Waals surface area (Å²) in [6.45, 7) is 0. The van der Waals surface area contributed by atoms with Gasteiger partial charge in [-0.15, -0.1) is 0 Å². The molecule has 0 heterocycles. The van der Waals surface area contributed by atoms with Crippen molar-refractivity contribution in [2.24, 2.45) is 0 Å². The van der Waals surface area contributed by atoms with Gasteiger partial charge in [0.05, 0.1) is 5.92 Å². The maximum absolute atomic E-state index is 7.75. The summed E-state index contributed by atoms with van der Waals surface area (Å²) in [6.07, 6.45) is 0.